The summed E-state index contributed by atoms with van der Waals surface area (Å²) in [5, 5.41) is 0. The average Bonchev–Trinajstić information content (AvgIpc) is 2.57. The molecule has 23 heavy (non-hydrogen) atoms. The Bertz CT molecular complexity index is 675. The van der Waals surface area contributed by atoms with Gasteiger partial charge in [-0.15, -0.1) is 0 Å². The number of aryl methyl sites for hydroxylation is 1. The zero-order valence-electron chi connectivity index (χ0n) is 14.8. The Kier molecular flexibility index (Phi) is 5.80. The SMILES string of the molecule is CCN(C)/C=N/c1cc(OC)cc(Cc2ccc(C)cc2)c1C. The second-order valence-electron chi connectivity index (χ2n) is 5.91. The third-order valence-corrected chi connectivity index (χ3v) is 4.10. The zero-order valence-corrected chi connectivity index (χ0v) is 14.8. The molecule has 2 aromatic rings. The highest BCUT2D eigenvalue weighted by Crippen LogP contribution is 2.30. The fourth-order valence-corrected chi connectivity index (χ4v) is 2.33. The van der Waals surface area contributed by atoms with E-state index in [2.05, 4.69) is 61.0 Å². The summed E-state index contributed by atoms with van der Waals surface area (Å²) in [6, 6.07) is 12.8. The first-order chi connectivity index (χ1) is 11.0. The summed E-state index contributed by atoms with van der Waals surface area (Å²) in [5.74, 6) is 0.851. The van der Waals surface area contributed by atoms with E-state index < -0.39 is 0 Å². The van der Waals surface area contributed by atoms with Gasteiger partial charge in [-0.1, -0.05) is 29.8 Å². The van der Waals surface area contributed by atoms with Gasteiger partial charge in [0.15, 0.2) is 0 Å². The van der Waals surface area contributed by atoms with E-state index in [0.717, 1.165) is 24.4 Å². The van der Waals surface area contributed by atoms with Gasteiger partial charge >= 0.3 is 0 Å². The molecule has 0 spiro atoms. The maximum Gasteiger partial charge on any atom is 0.121 e. The molecule has 0 aliphatic rings. The number of ether oxygens (including phenoxy) is 1. The molecule has 0 radical (unpaired) electrons. The summed E-state index contributed by atoms with van der Waals surface area (Å²) in [4.78, 5) is 6.68. The van der Waals surface area contributed by atoms with Gasteiger partial charge in [0, 0.05) is 19.7 Å². The Labute approximate surface area is 139 Å². The van der Waals surface area contributed by atoms with Crippen LogP contribution >= 0.6 is 0 Å². The van der Waals surface area contributed by atoms with Crippen molar-refractivity contribution < 1.29 is 4.74 Å². The van der Waals surface area contributed by atoms with E-state index >= 15 is 0 Å². The van der Waals surface area contributed by atoms with Crippen LogP contribution in [0.2, 0.25) is 0 Å². The van der Waals surface area contributed by atoms with Crippen molar-refractivity contribution in [2.45, 2.75) is 27.2 Å². The summed E-state index contributed by atoms with van der Waals surface area (Å²) in [7, 11) is 3.72. The number of hydrogen-bond acceptors (Lipinski definition) is 2. The van der Waals surface area contributed by atoms with E-state index in [9.17, 15) is 0 Å². The fraction of sp³-hybridized carbons (Fsp3) is 0.350. The Morgan fingerprint density at radius 2 is 1.83 bits per heavy atom. The van der Waals surface area contributed by atoms with Crippen LogP contribution in [0.25, 0.3) is 0 Å². The molecule has 3 heteroatoms. The van der Waals surface area contributed by atoms with Crippen molar-refractivity contribution in [3.63, 3.8) is 0 Å². The van der Waals surface area contributed by atoms with Gasteiger partial charge in [-0.25, -0.2) is 4.99 Å². The van der Waals surface area contributed by atoms with Gasteiger partial charge in [0.25, 0.3) is 0 Å². The lowest BCUT2D eigenvalue weighted by atomic mass is 9.98. The van der Waals surface area contributed by atoms with Gasteiger partial charge in [0.1, 0.15) is 5.75 Å². The third-order valence-electron chi connectivity index (χ3n) is 4.10. The Morgan fingerprint density at radius 3 is 2.43 bits per heavy atom. The molecule has 0 aliphatic carbocycles. The van der Waals surface area contributed by atoms with Crippen LogP contribution in [0, 0.1) is 13.8 Å². The quantitative estimate of drug-likeness (QED) is 0.579. The molecule has 0 aromatic heterocycles. The van der Waals surface area contributed by atoms with Gasteiger partial charge < -0.3 is 9.64 Å². The molecule has 0 atom stereocenters. The molecule has 0 aliphatic heterocycles. The van der Waals surface area contributed by atoms with Crippen LogP contribution in [0.4, 0.5) is 5.69 Å². The van der Waals surface area contributed by atoms with Crippen LogP contribution in [-0.4, -0.2) is 31.9 Å². The smallest absolute Gasteiger partial charge is 0.121 e. The summed E-state index contributed by atoms with van der Waals surface area (Å²) in [6.07, 6.45) is 2.76. The number of aliphatic imine (C=N–C) groups is 1. The molecule has 0 fully saturated rings. The summed E-state index contributed by atoms with van der Waals surface area (Å²) in [5.41, 5.74) is 6.00. The van der Waals surface area contributed by atoms with Gasteiger partial charge in [-0.3, -0.25) is 0 Å². The van der Waals surface area contributed by atoms with Crippen molar-refractivity contribution in [1.29, 1.82) is 0 Å². The number of rotatable bonds is 6. The van der Waals surface area contributed by atoms with Crippen LogP contribution in [0.1, 0.15) is 29.2 Å². The minimum Gasteiger partial charge on any atom is -0.497 e. The van der Waals surface area contributed by atoms with Crippen molar-refractivity contribution in [3.8, 4) is 5.75 Å². The zero-order chi connectivity index (χ0) is 16.8. The molecule has 0 saturated heterocycles. The van der Waals surface area contributed by atoms with Crippen molar-refractivity contribution in [2.24, 2.45) is 4.99 Å². The molecule has 0 unspecified atom stereocenters. The molecule has 3 nitrogen and oxygen atoms in total. The number of hydrogen-bond donors (Lipinski definition) is 0. The number of benzene rings is 2. The number of nitrogens with zero attached hydrogens (tertiary/aromatic N) is 2. The van der Waals surface area contributed by atoms with E-state index in [-0.39, 0.29) is 0 Å². The van der Waals surface area contributed by atoms with Crippen molar-refractivity contribution in [3.05, 3.63) is 58.7 Å². The molecule has 0 bridgehead atoms. The van der Waals surface area contributed by atoms with Gasteiger partial charge in [0.05, 0.1) is 19.1 Å². The van der Waals surface area contributed by atoms with E-state index in [1.165, 1.54) is 22.3 Å². The van der Waals surface area contributed by atoms with E-state index in [1.54, 1.807) is 7.11 Å². The van der Waals surface area contributed by atoms with Gasteiger partial charge in [-0.05, 0) is 49.9 Å². The Balaban J connectivity index is 2.34. The second kappa shape index (κ2) is 7.82. The Hall–Kier alpha value is -2.29. The average molecular weight is 310 g/mol. The summed E-state index contributed by atoms with van der Waals surface area (Å²) >= 11 is 0. The van der Waals surface area contributed by atoms with E-state index in [1.807, 2.05) is 19.5 Å². The van der Waals surface area contributed by atoms with Crippen molar-refractivity contribution >= 4 is 12.0 Å². The highest BCUT2D eigenvalue weighted by molar-refractivity contribution is 5.65. The predicted octanol–water partition coefficient (Wildman–Crippen LogP) is 4.51. The first-order valence-electron chi connectivity index (χ1n) is 8.01. The van der Waals surface area contributed by atoms with Crippen LogP contribution in [0.3, 0.4) is 0 Å². The number of methoxy groups -OCH3 is 1. The normalized spacial score (nSPS) is 11.0. The monoisotopic (exact) mass is 310 g/mol. The van der Waals surface area contributed by atoms with Gasteiger partial charge in [-0.2, -0.15) is 0 Å². The van der Waals surface area contributed by atoms with Crippen LogP contribution in [0.15, 0.2) is 41.4 Å². The van der Waals surface area contributed by atoms with Crippen molar-refractivity contribution in [1.82, 2.24) is 4.90 Å². The first kappa shape index (κ1) is 17.1. The largest absolute Gasteiger partial charge is 0.497 e. The first-order valence-corrected chi connectivity index (χ1v) is 8.01. The fourth-order valence-electron chi connectivity index (χ4n) is 2.33. The van der Waals surface area contributed by atoms with E-state index in [4.69, 9.17) is 4.74 Å². The molecule has 122 valence electrons. The lowest BCUT2D eigenvalue weighted by molar-refractivity contribution is 0.414. The molecule has 0 heterocycles. The van der Waals surface area contributed by atoms with Crippen LogP contribution < -0.4 is 4.74 Å². The standard InChI is InChI=1S/C20H26N2O/c1-6-22(4)14-21-20-13-19(23-5)12-18(16(20)3)11-17-9-7-15(2)8-10-17/h7-10,12-14H,6,11H2,1-5H3/b21-14+. The minimum absolute atomic E-state index is 0.851. The van der Waals surface area contributed by atoms with E-state index in [0.29, 0.717) is 0 Å². The summed E-state index contributed by atoms with van der Waals surface area (Å²) < 4.78 is 5.45. The summed E-state index contributed by atoms with van der Waals surface area (Å²) in [6.45, 7) is 7.27. The van der Waals surface area contributed by atoms with Crippen LogP contribution in [-0.2, 0) is 6.42 Å². The predicted molar refractivity (Wildman–Crippen MR) is 98.2 cm³/mol. The molecule has 0 saturated carbocycles. The molecule has 0 N–H and O–H groups in total. The minimum atomic E-state index is 0.851. The second-order valence-corrected chi connectivity index (χ2v) is 5.91. The molecular formula is C20H26N2O. The lowest BCUT2D eigenvalue weighted by Gasteiger charge is -2.13. The molecule has 2 rings (SSSR count). The maximum absolute atomic E-state index is 5.45. The lowest BCUT2D eigenvalue weighted by Crippen LogP contribution is -2.14. The van der Waals surface area contributed by atoms with Crippen LogP contribution in [0.5, 0.6) is 5.75 Å². The van der Waals surface area contributed by atoms with Gasteiger partial charge in [0.2, 0.25) is 0 Å². The maximum atomic E-state index is 5.45. The molecule has 0 amide bonds. The topological polar surface area (TPSA) is 24.8 Å². The van der Waals surface area contributed by atoms with Crippen molar-refractivity contribution in [2.75, 3.05) is 20.7 Å². The highest BCUT2D eigenvalue weighted by atomic mass is 16.5. The molecular weight excluding hydrogens is 284 g/mol. The third kappa shape index (κ3) is 4.59. The highest BCUT2D eigenvalue weighted by Gasteiger charge is 2.08. The molecule has 2 aromatic carbocycles. The Morgan fingerprint density at radius 1 is 1.13 bits per heavy atom.